The van der Waals surface area contributed by atoms with Crippen molar-refractivity contribution < 1.29 is 41.9 Å². The standard InChI is InChI=1S/C5HBrF3NO2S.Li/c6-4-10-2(5(7,8)9)1(13-4)3(11)12;/h(H,11,12);/q;+1/p-1. The first-order valence-corrected chi connectivity index (χ1v) is 4.38. The van der Waals surface area contributed by atoms with Crippen molar-refractivity contribution in [1.82, 2.24) is 4.98 Å². The largest absolute Gasteiger partial charge is 1.00 e. The zero-order chi connectivity index (χ0) is 10.2. The second-order valence-electron chi connectivity index (χ2n) is 1.93. The minimum atomic E-state index is -4.77. The van der Waals surface area contributed by atoms with Gasteiger partial charge in [-0.15, -0.1) is 11.3 Å². The average Bonchev–Trinajstić information content (AvgIpc) is 2.29. The van der Waals surface area contributed by atoms with Crippen LogP contribution in [0.1, 0.15) is 15.4 Å². The number of aromatic carboxylic acids is 1. The van der Waals surface area contributed by atoms with Crippen LogP contribution in [0.15, 0.2) is 3.92 Å². The number of hydrogen-bond donors (Lipinski definition) is 0. The molecule has 14 heavy (non-hydrogen) atoms. The molecular formula is C5BrF3LiNO2S. The molecule has 9 heteroatoms. The van der Waals surface area contributed by atoms with E-state index in [1.54, 1.807) is 0 Å². The SMILES string of the molecule is O=C([O-])c1sc(Br)nc1C(F)(F)F.[Li+]. The minimum Gasteiger partial charge on any atom is -0.544 e. The Labute approximate surface area is 101 Å². The van der Waals surface area contributed by atoms with Crippen LogP contribution in [-0.2, 0) is 6.18 Å². The third-order valence-corrected chi connectivity index (χ3v) is 2.54. The monoisotopic (exact) mass is 281 g/mol. The van der Waals surface area contributed by atoms with Crippen LogP contribution in [0.4, 0.5) is 13.2 Å². The quantitative estimate of drug-likeness (QED) is 0.576. The number of alkyl halides is 3. The molecule has 1 rings (SSSR count). The number of carbonyl (C=O) groups excluding carboxylic acids is 1. The van der Waals surface area contributed by atoms with Crippen LogP contribution in [0, 0.1) is 0 Å². The van der Waals surface area contributed by atoms with E-state index in [0.29, 0.717) is 11.3 Å². The molecule has 1 heterocycles. The fourth-order valence-electron chi connectivity index (χ4n) is 0.625. The van der Waals surface area contributed by atoms with E-state index in [0.717, 1.165) is 0 Å². The summed E-state index contributed by atoms with van der Waals surface area (Å²) in [4.78, 5) is 12.3. The fourth-order valence-corrected chi connectivity index (χ4v) is 1.93. The Morgan fingerprint density at radius 2 is 2.00 bits per heavy atom. The van der Waals surface area contributed by atoms with Crippen LogP contribution in [-0.4, -0.2) is 11.0 Å². The zero-order valence-electron chi connectivity index (χ0n) is 6.68. The molecule has 0 aliphatic rings. The molecule has 0 radical (unpaired) electrons. The average molecular weight is 282 g/mol. The van der Waals surface area contributed by atoms with Crippen molar-refractivity contribution in [2.24, 2.45) is 0 Å². The second kappa shape index (κ2) is 4.66. The van der Waals surface area contributed by atoms with Crippen molar-refractivity contribution in [2.45, 2.75) is 6.18 Å². The molecule has 1 aromatic rings. The predicted octanol–water partition coefficient (Wildman–Crippen LogP) is -1.71. The van der Waals surface area contributed by atoms with E-state index in [9.17, 15) is 23.1 Å². The van der Waals surface area contributed by atoms with Gasteiger partial charge >= 0.3 is 25.0 Å². The molecule has 0 atom stereocenters. The van der Waals surface area contributed by atoms with Gasteiger partial charge in [0, 0.05) is 0 Å². The summed E-state index contributed by atoms with van der Waals surface area (Å²) in [7, 11) is 0. The smallest absolute Gasteiger partial charge is 0.544 e. The van der Waals surface area contributed by atoms with Crippen molar-refractivity contribution in [3.05, 3.63) is 14.5 Å². The molecule has 72 valence electrons. The van der Waals surface area contributed by atoms with Crippen LogP contribution in [0.25, 0.3) is 0 Å². The Hall–Kier alpha value is -0.0326. The first kappa shape index (κ1) is 14.0. The van der Waals surface area contributed by atoms with Gasteiger partial charge < -0.3 is 9.90 Å². The Morgan fingerprint density at radius 3 is 2.29 bits per heavy atom. The molecule has 0 spiro atoms. The number of carboxylic acids is 1. The summed E-state index contributed by atoms with van der Waals surface area (Å²) in [6, 6.07) is 0. The van der Waals surface area contributed by atoms with Gasteiger partial charge in [0.15, 0.2) is 9.61 Å². The van der Waals surface area contributed by atoms with Gasteiger partial charge in [-0.1, -0.05) is 0 Å². The first-order valence-electron chi connectivity index (χ1n) is 2.77. The van der Waals surface area contributed by atoms with Crippen LogP contribution in [0.5, 0.6) is 0 Å². The van der Waals surface area contributed by atoms with E-state index in [1.807, 2.05) is 0 Å². The molecular weight excluding hydrogens is 282 g/mol. The Kier molecular flexibility index (Phi) is 4.65. The zero-order valence-corrected chi connectivity index (χ0v) is 9.09. The summed E-state index contributed by atoms with van der Waals surface area (Å²) < 4.78 is 36.0. The molecule has 0 aromatic carbocycles. The number of thiazole rings is 1. The van der Waals surface area contributed by atoms with Gasteiger partial charge in [-0.05, 0) is 15.9 Å². The molecule has 1 aromatic heterocycles. The summed E-state index contributed by atoms with van der Waals surface area (Å²) in [6.07, 6.45) is -4.77. The number of hydrogen-bond acceptors (Lipinski definition) is 4. The minimum absolute atomic E-state index is 0. The third-order valence-electron chi connectivity index (χ3n) is 1.05. The molecule has 0 amide bonds. The number of halogens is 4. The molecule has 0 unspecified atom stereocenters. The molecule has 3 nitrogen and oxygen atoms in total. The number of aromatic nitrogens is 1. The molecule has 0 N–H and O–H groups in total. The summed E-state index contributed by atoms with van der Waals surface area (Å²) in [5.74, 6) is -1.88. The topological polar surface area (TPSA) is 53.0 Å². The van der Waals surface area contributed by atoms with E-state index in [4.69, 9.17) is 0 Å². The summed E-state index contributed by atoms with van der Waals surface area (Å²) in [5, 5.41) is 10.2. The van der Waals surface area contributed by atoms with Gasteiger partial charge in [0.25, 0.3) is 0 Å². The van der Waals surface area contributed by atoms with Gasteiger partial charge in [-0.2, -0.15) is 13.2 Å². The van der Waals surface area contributed by atoms with Crippen molar-refractivity contribution in [3.63, 3.8) is 0 Å². The van der Waals surface area contributed by atoms with E-state index in [1.165, 1.54) is 0 Å². The van der Waals surface area contributed by atoms with E-state index < -0.39 is 22.7 Å². The van der Waals surface area contributed by atoms with Crippen LogP contribution >= 0.6 is 27.3 Å². The summed E-state index contributed by atoms with van der Waals surface area (Å²) in [6.45, 7) is 0. The van der Waals surface area contributed by atoms with Gasteiger partial charge in [-0.3, -0.25) is 0 Å². The molecule has 0 fully saturated rings. The van der Waals surface area contributed by atoms with E-state index in [2.05, 4.69) is 20.9 Å². The van der Waals surface area contributed by atoms with Gasteiger partial charge in [0.2, 0.25) is 0 Å². The number of carboxylic acid groups (broad SMARTS) is 1. The van der Waals surface area contributed by atoms with Crippen molar-refractivity contribution >= 4 is 33.2 Å². The second-order valence-corrected chi connectivity index (χ2v) is 4.20. The maximum Gasteiger partial charge on any atom is 1.00 e. The maximum absolute atomic E-state index is 12.1. The van der Waals surface area contributed by atoms with E-state index in [-0.39, 0.29) is 22.8 Å². The number of nitrogens with zero attached hydrogens (tertiary/aromatic N) is 1. The van der Waals surface area contributed by atoms with Crippen LogP contribution in [0.2, 0.25) is 0 Å². The predicted molar refractivity (Wildman–Crippen MR) is 39.1 cm³/mol. The Bertz CT molecular complexity index is 353. The Balaban J connectivity index is 0.00000169. The van der Waals surface area contributed by atoms with Gasteiger partial charge in [0.1, 0.15) is 0 Å². The molecule has 0 aliphatic carbocycles. The van der Waals surface area contributed by atoms with Crippen LogP contribution in [0.3, 0.4) is 0 Å². The van der Waals surface area contributed by atoms with E-state index >= 15 is 0 Å². The fraction of sp³-hybridized carbons (Fsp3) is 0.200. The molecule has 0 saturated heterocycles. The Morgan fingerprint density at radius 1 is 1.50 bits per heavy atom. The third kappa shape index (κ3) is 2.98. The molecule has 0 saturated carbocycles. The van der Waals surface area contributed by atoms with Gasteiger partial charge in [-0.25, -0.2) is 4.98 Å². The van der Waals surface area contributed by atoms with Crippen molar-refractivity contribution in [1.29, 1.82) is 0 Å². The maximum atomic E-state index is 12.1. The van der Waals surface area contributed by atoms with Crippen molar-refractivity contribution in [3.8, 4) is 0 Å². The molecule has 0 aliphatic heterocycles. The number of carbonyl (C=O) groups is 1. The molecule has 0 bridgehead atoms. The first-order chi connectivity index (χ1) is 5.82. The van der Waals surface area contributed by atoms with Gasteiger partial charge in [0.05, 0.1) is 10.8 Å². The number of rotatable bonds is 1. The summed E-state index contributed by atoms with van der Waals surface area (Å²) in [5.41, 5.74) is -1.43. The summed E-state index contributed by atoms with van der Waals surface area (Å²) >= 11 is 3.03. The van der Waals surface area contributed by atoms with Crippen LogP contribution < -0.4 is 24.0 Å². The normalized spacial score (nSPS) is 10.9. The van der Waals surface area contributed by atoms with Crippen molar-refractivity contribution in [2.75, 3.05) is 0 Å².